The molecule has 25 heavy (non-hydrogen) atoms. The molecule has 0 amide bonds. The van der Waals surface area contributed by atoms with Crippen molar-refractivity contribution in [2.24, 2.45) is 4.99 Å². The van der Waals surface area contributed by atoms with E-state index in [0.29, 0.717) is 31.2 Å². The Morgan fingerprint density at radius 1 is 1.28 bits per heavy atom. The number of rotatable bonds is 7. The van der Waals surface area contributed by atoms with Gasteiger partial charge in [0, 0.05) is 18.6 Å². The van der Waals surface area contributed by atoms with E-state index in [1.165, 1.54) is 6.07 Å². The van der Waals surface area contributed by atoms with E-state index in [2.05, 4.69) is 20.3 Å². The van der Waals surface area contributed by atoms with Crippen LogP contribution in [0.4, 0.5) is 4.39 Å². The molecular weight excluding hydrogens is 458 g/mol. The molecule has 0 spiro atoms. The lowest BCUT2D eigenvalue weighted by Gasteiger charge is -2.26. The standard InChI is InChI=1S/C16H27FN4O2S.HI/c1-6-18-15(20-11-16(3,4)21-24(5,22)23)19-10-13-7-8-14(17)12(2)9-13;/h7-9,21H,6,10-11H2,1-5H3,(H2,18,19,20);1H. The quantitative estimate of drug-likeness (QED) is 0.314. The number of guanidine groups is 1. The number of aliphatic imine (C=N–C) groups is 1. The third-order valence-electron chi connectivity index (χ3n) is 3.15. The number of halogens is 2. The van der Waals surface area contributed by atoms with E-state index in [4.69, 9.17) is 0 Å². The molecule has 0 aliphatic rings. The van der Waals surface area contributed by atoms with E-state index in [1.807, 2.05) is 6.92 Å². The first kappa shape index (κ1) is 24.1. The largest absolute Gasteiger partial charge is 0.357 e. The van der Waals surface area contributed by atoms with Crippen LogP contribution >= 0.6 is 24.0 Å². The molecule has 0 aliphatic heterocycles. The highest BCUT2D eigenvalue weighted by Gasteiger charge is 2.22. The van der Waals surface area contributed by atoms with Gasteiger partial charge in [-0.1, -0.05) is 12.1 Å². The maximum absolute atomic E-state index is 13.3. The SMILES string of the molecule is CCNC(=NCc1ccc(F)c(C)c1)NCC(C)(C)NS(C)(=O)=O.I. The van der Waals surface area contributed by atoms with Crippen LogP contribution in [-0.4, -0.2) is 39.3 Å². The summed E-state index contributed by atoms with van der Waals surface area (Å²) < 4.78 is 38.6. The Morgan fingerprint density at radius 3 is 2.44 bits per heavy atom. The minimum atomic E-state index is -3.29. The highest BCUT2D eigenvalue weighted by Crippen LogP contribution is 2.10. The second-order valence-electron chi connectivity index (χ2n) is 6.39. The highest BCUT2D eigenvalue weighted by molar-refractivity contribution is 14.0. The lowest BCUT2D eigenvalue weighted by molar-refractivity contribution is 0.446. The van der Waals surface area contributed by atoms with Crippen LogP contribution in [0.2, 0.25) is 0 Å². The molecule has 6 nitrogen and oxygen atoms in total. The minimum Gasteiger partial charge on any atom is -0.357 e. The number of hydrogen-bond acceptors (Lipinski definition) is 3. The van der Waals surface area contributed by atoms with E-state index in [1.54, 1.807) is 32.9 Å². The summed E-state index contributed by atoms with van der Waals surface area (Å²) in [6.45, 7) is 8.67. The lowest BCUT2D eigenvalue weighted by atomic mass is 10.1. The van der Waals surface area contributed by atoms with Gasteiger partial charge in [-0.15, -0.1) is 24.0 Å². The molecule has 3 N–H and O–H groups in total. The van der Waals surface area contributed by atoms with Crippen molar-refractivity contribution in [2.75, 3.05) is 19.3 Å². The summed E-state index contributed by atoms with van der Waals surface area (Å²) in [4.78, 5) is 4.45. The van der Waals surface area contributed by atoms with Gasteiger partial charge in [-0.2, -0.15) is 0 Å². The second-order valence-corrected chi connectivity index (χ2v) is 8.14. The molecule has 144 valence electrons. The number of sulfonamides is 1. The zero-order chi connectivity index (χ0) is 18.4. The van der Waals surface area contributed by atoms with Crippen molar-refractivity contribution in [3.05, 3.63) is 35.1 Å². The topological polar surface area (TPSA) is 82.6 Å². The van der Waals surface area contributed by atoms with Crippen molar-refractivity contribution in [1.82, 2.24) is 15.4 Å². The Morgan fingerprint density at radius 2 is 1.92 bits per heavy atom. The maximum Gasteiger partial charge on any atom is 0.209 e. The fourth-order valence-electron chi connectivity index (χ4n) is 2.16. The number of aryl methyl sites for hydroxylation is 1. The summed E-state index contributed by atoms with van der Waals surface area (Å²) in [5.74, 6) is 0.337. The highest BCUT2D eigenvalue weighted by atomic mass is 127. The molecule has 0 heterocycles. The molecule has 0 saturated carbocycles. The van der Waals surface area contributed by atoms with Crippen LogP contribution in [0, 0.1) is 12.7 Å². The molecule has 9 heteroatoms. The molecule has 1 aromatic rings. The predicted octanol–water partition coefficient (Wildman–Crippen LogP) is 2.14. The van der Waals surface area contributed by atoms with E-state index >= 15 is 0 Å². The van der Waals surface area contributed by atoms with Crippen LogP contribution in [-0.2, 0) is 16.6 Å². The molecule has 0 atom stereocenters. The van der Waals surface area contributed by atoms with Gasteiger partial charge in [0.2, 0.25) is 10.0 Å². The van der Waals surface area contributed by atoms with Crippen molar-refractivity contribution in [3.63, 3.8) is 0 Å². The summed E-state index contributed by atoms with van der Waals surface area (Å²) in [5, 5.41) is 6.22. The van der Waals surface area contributed by atoms with Gasteiger partial charge >= 0.3 is 0 Å². The van der Waals surface area contributed by atoms with Crippen LogP contribution in [0.15, 0.2) is 23.2 Å². The van der Waals surface area contributed by atoms with Crippen LogP contribution in [0.5, 0.6) is 0 Å². The van der Waals surface area contributed by atoms with Gasteiger partial charge < -0.3 is 10.6 Å². The number of nitrogens with one attached hydrogen (secondary N) is 3. The van der Waals surface area contributed by atoms with Crippen molar-refractivity contribution < 1.29 is 12.8 Å². The Balaban J connectivity index is 0.00000576. The van der Waals surface area contributed by atoms with E-state index in [-0.39, 0.29) is 29.8 Å². The second kappa shape index (κ2) is 10.3. The molecule has 0 bridgehead atoms. The van der Waals surface area contributed by atoms with Gasteiger partial charge in [0.1, 0.15) is 5.82 Å². The Hall–Kier alpha value is -0.940. The molecule has 0 unspecified atom stereocenters. The number of benzene rings is 1. The monoisotopic (exact) mass is 486 g/mol. The average molecular weight is 486 g/mol. The van der Waals surface area contributed by atoms with Gasteiger partial charge in [0.25, 0.3) is 0 Å². The fraction of sp³-hybridized carbons (Fsp3) is 0.562. The molecule has 0 aliphatic carbocycles. The van der Waals surface area contributed by atoms with Crippen molar-refractivity contribution in [2.45, 2.75) is 39.8 Å². The van der Waals surface area contributed by atoms with E-state index in [0.717, 1.165) is 11.8 Å². The summed E-state index contributed by atoms with van der Waals surface area (Å²) >= 11 is 0. The summed E-state index contributed by atoms with van der Waals surface area (Å²) in [7, 11) is -3.29. The van der Waals surface area contributed by atoms with Gasteiger partial charge in [-0.25, -0.2) is 22.5 Å². The zero-order valence-electron chi connectivity index (χ0n) is 15.3. The molecule has 1 rings (SSSR count). The molecule has 0 saturated heterocycles. The Bertz CT molecular complexity index is 693. The van der Waals surface area contributed by atoms with Crippen LogP contribution in [0.1, 0.15) is 31.9 Å². The number of hydrogen-bond donors (Lipinski definition) is 3. The summed E-state index contributed by atoms with van der Waals surface area (Å²) in [6, 6.07) is 4.89. The minimum absolute atomic E-state index is 0. The third kappa shape index (κ3) is 9.95. The molecule has 0 aromatic heterocycles. The van der Waals surface area contributed by atoms with Crippen LogP contribution in [0.3, 0.4) is 0 Å². The maximum atomic E-state index is 13.3. The van der Waals surface area contributed by atoms with Gasteiger partial charge in [-0.05, 0) is 44.9 Å². The fourth-order valence-corrected chi connectivity index (χ4v) is 3.24. The van der Waals surface area contributed by atoms with Crippen LogP contribution < -0.4 is 15.4 Å². The first-order chi connectivity index (χ1) is 11.0. The average Bonchev–Trinajstić information content (AvgIpc) is 2.43. The first-order valence-corrected chi connectivity index (χ1v) is 9.68. The number of nitrogens with zero attached hydrogens (tertiary/aromatic N) is 1. The van der Waals surface area contributed by atoms with E-state index < -0.39 is 15.6 Å². The first-order valence-electron chi connectivity index (χ1n) is 7.78. The Labute approximate surface area is 167 Å². The van der Waals surface area contributed by atoms with Gasteiger partial charge in [0.15, 0.2) is 5.96 Å². The van der Waals surface area contributed by atoms with Crippen molar-refractivity contribution in [1.29, 1.82) is 0 Å². The predicted molar refractivity (Wildman–Crippen MR) is 111 cm³/mol. The summed E-state index contributed by atoms with van der Waals surface area (Å²) in [6.07, 6.45) is 1.13. The van der Waals surface area contributed by atoms with Crippen LogP contribution in [0.25, 0.3) is 0 Å². The van der Waals surface area contributed by atoms with Gasteiger partial charge in [0.05, 0.1) is 12.8 Å². The normalized spacial score (nSPS) is 12.5. The molecule has 0 radical (unpaired) electrons. The third-order valence-corrected chi connectivity index (χ3v) is 4.07. The van der Waals surface area contributed by atoms with Gasteiger partial charge in [-0.3, -0.25) is 0 Å². The molecule has 1 aromatic carbocycles. The Kier molecular flexibility index (Phi) is 9.88. The van der Waals surface area contributed by atoms with Crippen molar-refractivity contribution >= 4 is 40.0 Å². The summed E-state index contributed by atoms with van der Waals surface area (Å²) in [5.41, 5.74) is 0.828. The molecular formula is C16H28FIN4O2S. The lowest BCUT2D eigenvalue weighted by Crippen LogP contribution is -2.53. The molecule has 0 fully saturated rings. The van der Waals surface area contributed by atoms with Crippen molar-refractivity contribution in [3.8, 4) is 0 Å². The zero-order valence-corrected chi connectivity index (χ0v) is 18.5. The smallest absolute Gasteiger partial charge is 0.209 e. The van der Waals surface area contributed by atoms with E-state index in [9.17, 15) is 12.8 Å².